The number of hydrogen-bond donors (Lipinski definition) is 2. The third-order valence-corrected chi connectivity index (χ3v) is 2.63. The zero-order valence-corrected chi connectivity index (χ0v) is 9.97. The molecule has 0 unspecified atom stereocenters. The summed E-state index contributed by atoms with van der Waals surface area (Å²) in [6.07, 6.45) is 1.82. The van der Waals surface area contributed by atoms with Crippen LogP contribution in [0.2, 0.25) is 0 Å². The minimum Gasteiger partial charge on any atom is -0.325 e. The maximum Gasteiger partial charge on any atom is 0.240 e. The molecule has 5 nitrogen and oxygen atoms in total. The summed E-state index contributed by atoms with van der Waals surface area (Å²) in [7, 11) is 0. The Labute approximate surface area is 99.6 Å². The van der Waals surface area contributed by atoms with Gasteiger partial charge in [0.25, 0.3) is 0 Å². The summed E-state index contributed by atoms with van der Waals surface area (Å²) >= 11 is 0. The summed E-state index contributed by atoms with van der Waals surface area (Å²) in [6, 6.07) is 5.18. The Hall–Kier alpha value is -1.88. The summed E-state index contributed by atoms with van der Waals surface area (Å²) < 4.78 is 1.89. The molecular formula is C12H16N4O. The van der Waals surface area contributed by atoms with Gasteiger partial charge in [-0.25, -0.2) is 0 Å². The van der Waals surface area contributed by atoms with Gasteiger partial charge in [0.05, 0.1) is 17.8 Å². The molecule has 2 aromatic rings. The number of nitrogens with one attached hydrogen (secondary N) is 1. The second-order valence-corrected chi connectivity index (χ2v) is 4.01. The average Bonchev–Trinajstić information content (AvgIpc) is 2.71. The van der Waals surface area contributed by atoms with E-state index in [1.165, 1.54) is 0 Å². The van der Waals surface area contributed by atoms with Gasteiger partial charge in [0.1, 0.15) is 0 Å². The second-order valence-electron chi connectivity index (χ2n) is 4.01. The number of nitrogens with zero attached hydrogens (tertiary/aromatic N) is 2. The molecule has 0 spiro atoms. The fourth-order valence-electron chi connectivity index (χ4n) is 1.66. The topological polar surface area (TPSA) is 72.9 Å². The second kappa shape index (κ2) is 4.55. The van der Waals surface area contributed by atoms with Gasteiger partial charge in [-0.2, -0.15) is 5.10 Å². The molecule has 17 heavy (non-hydrogen) atoms. The highest BCUT2D eigenvalue weighted by Crippen LogP contribution is 2.19. The van der Waals surface area contributed by atoms with E-state index in [1.807, 2.05) is 36.0 Å². The van der Waals surface area contributed by atoms with Gasteiger partial charge in [0.15, 0.2) is 0 Å². The minimum atomic E-state index is -0.512. The van der Waals surface area contributed by atoms with Crippen LogP contribution in [0.5, 0.6) is 0 Å². The van der Waals surface area contributed by atoms with Crippen molar-refractivity contribution in [3.8, 4) is 0 Å². The molecule has 90 valence electrons. The average molecular weight is 232 g/mol. The van der Waals surface area contributed by atoms with Gasteiger partial charge in [0.2, 0.25) is 5.91 Å². The number of benzene rings is 1. The molecule has 0 radical (unpaired) electrons. The Morgan fingerprint density at radius 2 is 2.35 bits per heavy atom. The number of anilines is 1. The van der Waals surface area contributed by atoms with E-state index in [4.69, 9.17) is 5.73 Å². The highest BCUT2D eigenvalue weighted by molar-refractivity contribution is 5.96. The lowest BCUT2D eigenvalue weighted by Gasteiger charge is -2.08. The molecule has 1 atom stereocenters. The number of fused-ring (bicyclic) bond motifs is 1. The fraction of sp³-hybridized carbons (Fsp3) is 0.333. The van der Waals surface area contributed by atoms with Crippen molar-refractivity contribution in [1.82, 2.24) is 9.78 Å². The van der Waals surface area contributed by atoms with Crippen molar-refractivity contribution in [2.75, 3.05) is 5.32 Å². The van der Waals surface area contributed by atoms with Crippen molar-refractivity contribution in [2.45, 2.75) is 26.4 Å². The van der Waals surface area contributed by atoms with Crippen LogP contribution in [0.4, 0.5) is 5.69 Å². The molecule has 0 aliphatic carbocycles. The largest absolute Gasteiger partial charge is 0.325 e. The maximum atomic E-state index is 11.5. The number of rotatable bonds is 3. The van der Waals surface area contributed by atoms with Crippen LogP contribution in [0.3, 0.4) is 0 Å². The molecule has 0 fully saturated rings. The summed E-state index contributed by atoms with van der Waals surface area (Å²) in [6.45, 7) is 4.48. The van der Waals surface area contributed by atoms with Crippen molar-refractivity contribution >= 4 is 22.5 Å². The first kappa shape index (κ1) is 11.6. The molecule has 2 rings (SSSR count). The highest BCUT2D eigenvalue weighted by Gasteiger charge is 2.08. The summed E-state index contributed by atoms with van der Waals surface area (Å²) in [5, 5.41) is 8.08. The van der Waals surface area contributed by atoms with E-state index in [0.29, 0.717) is 0 Å². The Kier molecular flexibility index (Phi) is 3.10. The fourth-order valence-corrected chi connectivity index (χ4v) is 1.66. The lowest BCUT2D eigenvalue weighted by atomic mass is 10.2. The van der Waals surface area contributed by atoms with E-state index < -0.39 is 6.04 Å². The third kappa shape index (κ3) is 2.29. The van der Waals surface area contributed by atoms with Gasteiger partial charge >= 0.3 is 0 Å². The van der Waals surface area contributed by atoms with Crippen LogP contribution in [0.25, 0.3) is 10.9 Å². The van der Waals surface area contributed by atoms with E-state index in [-0.39, 0.29) is 5.91 Å². The van der Waals surface area contributed by atoms with Crippen LogP contribution >= 0.6 is 0 Å². The first-order valence-corrected chi connectivity index (χ1v) is 5.64. The molecule has 0 saturated carbocycles. The van der Waals surface area contributed by atoms with Gasteiger partial charge in [-0.3, -0.25) is 9.48 Å². The summed E-state index contributed by atoms with van der Waals surface area (Å²) in [4.78, 5) is 11.5. The number of carbonyl (C=O) groups excluding carboxylic acids is 1. The van der Waals surface area contributed by atoms with Crippen molar-refractivity contribution in [2.24, 2.45) is 5.73 Å². The smallest absolute Gasteiger partial charge is 0.240 e. The predicted molar refractivity (Wildman–Crippen MR) is 67.7 cm³/mol. The Morgan fingerprint density at radius 3 is 3.00 bits per heavy atom. The van der Waals surface area contributed by atoms with Crippen LogP contribution in [0.1, 0.15) is 13.8 Å². The first-order chi connectivity index (χ1) is 8.11. The molecule has 0 aliphatic heterocycles. The van der Waals surface area contributed by atoms with Crippen molar-refractivity contribution < 1.29 is 4.79 Å². The molecular weight excluding hydrogens is 216 g/mol. The van der Waals surface area contributed by atoms with Crippen LogP contribution in [0.15, 0.2) is 24.4 Å². The van der Waals surface area contributed by atoms with Gasteiger partial charge in [0, 0.05) is 17.6 Å². The van der Waals surface area contributed by atoms with Crippen molar-refractivity contribution in [3.63, 3.8) is 0 Å². The monoisotopic (exact) mass is 232 g/mol. The third-order valence-electron chi connectivity index (χ3n) is 2.63. The quantitative estimate of drug-likeness (QED) is 0.838. The Morgan fingerprint density at radius 1 is 1.59 bits per heavy atom. The molecule has 0 aliphatic rings. The van der Waals surface area contributed by atoms with E-state index >= 15 is 0 Å². The number of aromatic nitrogens is 2. The lowest BCUT2D eigenvalue weighted by Crippen LogP contribution is -2.32. The highest BCUT2D eigenvalue weighted by atomic mass is 16.2. The predicted octanol–water partition coefficient (Wildman–Crippen LogP) is 1.34. The molecule has 5 heteroatoms. The molecule has 1 aromatic carbocycles. The van der Waals surface area contributed by atoms with E-state index in [0.717, 1.165) is 23.1 Å². The zero-order chi connectivity index (χ0) is 12.4. The lowest BCUT2D eigenvalue weighted by molar-refractivity contribution is -0.117. The number of amides is 1. The van der Waals surface area contributed by atoms with Crippen molar-refractivity contribution in [1.29, 1.82) is 0 Å². The molecule has 1 heterocycles. The molecule has 1 aromatic heterocycles. The van der Waals surface area contributed by atoms with E-state index in [9.17, 15) is 4.79 Å². The standard InChI is InChI=1S/C12H16N4O/c1-3-16-11-6-10(15-12(17)8(2)13)5-4-9(11)7-14-16/h4-8H,3,13H2,1-2H3,(H,15,17)/t8-/m0/s1. The van der Waals surface area contributed by atoms with Crippen LogP contribution in [0, 0.1) is 0 Å². The van der Waals surface area contributed by atoms with E-state index in [1.54, 1.807) is 6.92 Å². The van der Waals surface area contributed by atoms with Crippen molar-refractivity contribution in [3.05, 3.63) is 24.4 Å². The first-order valence-electron chi connectivity index (χ1n) is 5.64. The maximum absolute atomic E-state index is 11.5. The molecule has 3 N–H and O–H groups in total. The number of hydrogen-bond acceptors (Lipinski definition) is 3. The molecule has 1 amide bonds. The van der Waals surface area contributed by atoms with Crippen LogP contribution in [-0.2, 0) is 11.3 Å². The number of aryl methyl sites for hydroxylation is 1. The SMILES string of the molecule is CCn1ncc2ccc(NC(=O)[C@H](C)N)cc21. The van der Waals surface area contributed by atoms with Gasteiger partial charge in [-0.1, -0.05) is 0 Å². The molecule has 0 bridgehead atoms. The summed E-state index contributed by atoms with van der Waals surface area (Å²) in [5.74, 6) is -0.188. The van der Waals surface area contributed by atoms with Gasteiger partial charge in [-0.05, 0) is 32.0 Å². The number of nitrogens with two attached hydrogens (primary N) is 1. The van der Waals surface area contributed by atoms with Crippen LogP contribution in [-0.4, -0.2) is 21.7 Å². The van der Waals surface area contributed by atoms with Crippen LogP contribution < -0.4 is 11.1 Å². The molecule has 0 saturated heterocycles. The Bertz CT molecular complexity index is 544. The van der Waals surface area contributed by atoms with Gasteiger partial charge < -0.3 is 11.1 Å². The summed E-state index contributed by atoms with van der Waals surface area (Å²) in [5.41, 5.74) is 7.26. The Balaban J connectivity index is 2.33. The normalized spacial score (nSPS) is 12.6. The van der Waals surface area contributed by atoms with Gasteiger partial charge in [-0.15, -0.1) is 0 Å². The minimum absolute atomic E-state index is 0.188. The van der Waals surface area contributed by atoms with E-state index in [2.05, 4.69) is 10.4 Å². The zero-order valence-electron chi connectivity index (χ0n) is 9.97. The number of carbonyl (C=O) groups is 1.